The lowest BCUT2D eigenvalue weighted by Gasteiger charge is -2.38. The van der Waals surface area contributed by atoms with E-state index in [0.717, 1.165) is 38.5 Å². The highest BCUT2D eigenvalue weighted by atomic mass is 35.5. The highest BCUT2D eigenvalue weighted by Gasteiger charge is 2.39. The summed E-state index contributed by atoms with van der Waals surface area (Å²) in [6.45, 7) is 11.2. The number of carbonyl (C=O) groups is 3. The van der Waals surface area contributed by atoms with E-state index >= 15 is 0 Å². The Balaban J connectivity index is 0.00000968. The van der Waals surface area contributed by atoms with Crippen LogP contribution in [0.15, 0.2) is 24.3 Å². The molecule has 1 aliphatic carbocycles. The molecule has 0 aliphatic heterocycles. The number of carbonyl (C=O) groups excluding carboxylic acids is 3. The molecule has 6 N–H and O–H groups in total. The zero-order valence-electron chi connectivity index (χ0n) is 27.5. The first-order valence-corrected chi connectivity index (χ1v) is 15.8. The number of hydrogen-bond donors (Lipinski definition) is 5. The van der Waals surface area contributed by atoms with Gasteiger partial charge in [0.15, 0.2) is 0 Å². The lowest BCUT2D eigenvalue weighted by atomic mass is 9.69. The molecule has 11 heteroatoms. The number of methoxy groups -OCH3 is 1. The van der Waals surface area contributed by atoms with Crippen LogP contribution in [0, 0.1) is 23.2 Å². The monoisotopic (exact) mass is 640 g/mol. The Morgan fingerprint density at radius 2 is 1.66 bits per heavy atom. The molecular weight excluding hydrogens is 584 g/mol. The number of ether oxygens (including phenoxy) is 2. The summed E-state index contributed by atoms with van der Waals surface area (Å²) in [4.78, 5) is 37.6. The topological polar surface area (TPSA) is 152 Å². The van der Waals surface area contributed by atoms with Gasteiger partial charge in [-0.25, -0.2) is 0 Å². The molecular formula is C33H57ClN4O6. The summed E-state index contributed by atoms with van der Waals surface area (Å²) in [6, 6.07) is 6.80. The Morgan fingerprint density at radius 3 is 2.27 bits per heavy atom. The van der Waals surface area contributed by atoms with Crippen molar-refractivity contribution in [2.45, 2.75) is 97.8 Å². The molecule has 1 saturated carbocycles. The van der Waals surface area contributed by atoms with E-state index in [2.05, 4.69) is 29.8 Å². The number of rotatable bonds is 18. The van der Waals surface area contributed by atoms with Gasteiger partial charge < -0.3 is 36.3 Å². The first-order valence-electron chi connectivity index (χ1n) is 15.8. The Labute approximate surface area is 270 Å². The summed E-state index contributed by atoms with van der Waals surface area (Å²) in [7, 11) is 1.67. The van der Waals surface area contributed by atoms with Crippen molar-refractivity contribution in [1.29, 1.82) is 0 Å². The summed E-state index contributed by atoms with van der Waals surface area (Å²) in [5.41, 5.74) is 6.29. The first kappa shape index (κ1) is 39.6. The van der Waals surface area contributed by atoms with Crippen LogP contribution in [-0.4, -0.2) is 74.4 Å². The minimum absolute atomic E-state index is 0. The Hall–Kier alpha value is -2.40. The predicted octanol–water partition coefficient (Wildman–Crippen LogP) is 3.83. The molecule has 2 rings (SSSR count). The van der Waals surface area contributed by atoms with Crippen molar-refractivity contribution in [2.24, 2.45) is 28.9 Å². The quantitative estimate of drug-likeness (QED) is 0.153. The molecule has 0 bridgehead atoms. The van der Waals surface area contributed by atoms with E-state index in [0.29, 0.717) is 37.5 Å². The molecule has 1 aromatic carbocycles. The number of halogens is 1. The molecule has 0 saturated heterocycles. The van der Waals surface area contributed by atoms with Gasteiger partial charge in [-0.3, -0.25) is 14.4 Å². The van der Waals surface area contributed by atoms with Gasteiger partial charge >= 0.3 is 0 Å². The van der Waals surface area contributed by atoms with Crippen molar-refractivity contribution in [2.75, 3.05) is 33.4 Å². The van der Waals surface area contributed by atoms with Crippen molar-refractivity contribution in [3.05, 3.63) is 29.8 Å². The Kier molecular flexibility index (Phi) is 17.9. The lowest BCUT2D eigenvalue weighted by Crippen LogP contribution is -2.50. The molecule has 10 nitrogen and oxygen atoms in total. The van der Waals surface area contributed by atoms with Gasteiger partial charge in [-0.1, -0.05) is 39.8 Å². The number of nitrogens with one attached hydrogen (secondary N) is 3. The molecule has 44 heavy (non-hydrogen) atoms. The molecule has 0 radical (unpaired) electrons. The molecule has 3 amide bonds. The minimum Gasteiger partial charge on any atom is -0.493 e. The van der Waals surface area contributed by atoms with Crippen molar-refractivity contribution < 1.29 is 29.0 Å². The average molecular weight is 641 g/mol. The lowest BCUT2D eigenvalue weighted by molar-refractivity contribution is -0.133. The second kappa shape index (κ2) is 19.9. The van der Waals surface area contributed by atoms with E-state index in [-0.39, 0.29) is 60.5 Å². The van der Waals surface area contributed by atoms with E-state index in [1.807, 2.05) is 26.0 Å². The van der Waals surface area contributed by atoms with Crippen molar-refractivity contribution in [1.82, 2.24) is 16.0 Å². The highest BCUT2D eigenvalue weighted by Crippen LogP contribution is 2.38. The normalized spacial score (nSPS) is 18.8. The number of amides is 3. The zero-order chi connectivity index (χ0) is 32.0. The third-order valence-corrected chi connectivity index (χ3v) is 8.88. The van der Waals surface area contributed by atoms with E-state index in [9.17, 15) is 19.5 Å². The van der Waals surface area contributed by atoms with Gasteiger partial charge in [-0.05, 0) is 74.8 Å². The SMILES string of the molecule is COCCCCOc1ccccc1C(=O)NC[C@@H](C[C@H](N)[C@@H](O)CNC(=O)C(C)(C)[C@H]1CC[C@H](NC(C)=O)CC1)C(C)C.Cl. The maximum atomic E-state index is 13.1. The van der Waals surface area contributed by atoms with E-state index in [1.54, 1.807) is 19.2 Å². The molecule has 3 atom stereocenters. The maximum absolute atomic E-state index is 13.1. The Bertz CT molecular complexity index is 1020. The van der Waals surface area contributed by atoms with Gasteiger partial charge in [0.05, 0.1) is 18.3 Å². The van der Waals surface area contributed by atoms with Gasteiger partial charge in [0.25, 0.3) is 5.91 Å². The second-order valence-electron chi connectivity index (χ2n) is 12.9. The van der Waals surface area contributed by atoms with E-state index in [1.165, 1.54) is 6.92 Å². The summed E-state index contributed by atoms with van der Waals surface area (Å²) < 4.78 is 10.9. The van der Waals surface area contributed by atoms with Gasteiger partial charge in [0.1, 0.15) is 5.75 Å². The molecule has 0 heterocycles. The number of nitrogens with two attached hydrogens (primary N) is 1. The second-order valence-corrected chi connectivity index (χ2v) is 12.9. The maximum Gasteiger partial charge on any atom is 0.255 e. The number of hydrogen-bond acceptors (Lipinski definition) is 7. The number of para-hydroxylation sites is 1. The largest absolute Gasteiger partial charge is 0.493 e. The van der Waals surface area contributed by atoms with Crippen LogP contribution < -0.4 is 26.4 Å². The van der Waals surface area contributed by atoms with Crippen molar-refractivity contribution >= 4 is 30.1 Å². The average Bonchev–Trinajstić information content (AvgIpc) is 2.97. The molecule has 0 spiro atoms. The van der Waals surface area contributed by atoms with Crippen LogP contribution >= 0.6 is 12.4 Å². The zero-order valence-corrected chi connectivity index (χ0v) is 28.3. The third kappa shape index (κ3) is 12.9. The smallest absolute Gasteiger partial charge is 0.255 e. The van der Waals surface area contributed by atoms with Crippen LogP contribution in [0.4, 0.5) is 0 Å². The van der Waals surface area contributed by atoms with Crippen LogP contribution in [0.5, 0.6) is 5.75 Å². The first-order chi connectivity index (χ1) is 20.4. The Morgan fingerprint density at radius 1 is 1.02 bits per heavy atom. The molecule has 0 aromatic heterocycles. The van der Waals surface area contributed by atoms with Gasteiger partial charge in [0.2, 0.25) is 11.8 Å². The summed E-state index contributed by atoms with van der Waals surface area (Å²) in [5.74, 6) is 0.650. The minimum atomic E-state index is -0.917. The van der Waals surface area contributed by atoms with Gasteiger partial charge in [-0.15, -0.1) is 12.4 Å². The van der Waals surface area contributed by atoms with Crippen molar-refractivity contribution in [3.63, 3.8) is 0 Å². The summed E-state index contributed by atoms with van der Waals surface area (Å²) in [5, 5.41) is 19.8. The van der Waals surface area contributed by atoms with Crippen LogP contribution in [0.2, 0.25) is 0 Å². The van der Waals surface area contributed by atoms with Crippen LogP contribution in [0.3, 0.4) is 0 Å². The van der Waals surface area contributed by atoms with Crippen LogP contribution in [-0.2, 0) is 14.3 Å². The molecule has 1 fully saturated rings. The third-order valence-electron chi connectivity index (χ3n) is 8.88. The number of unbranched alkanes of at least 4 members (excludes halogenated alkanes) is 1. The van der Waals surface area contributed by atoms with Gasteiger partial charge in [0, 0.05) is 51.2 Å². The molecule has 0 unspecified atom stereocenters. The molecule has 252 valence electrons. The molecule has 1 aromatic rings. The number of benzene rings is 1. The van der Waals surface area contributed by atoms with Crippen LogP contribution in [0.25, 0.3) is 0 Å². The van der Waals surface area contributed by atoms with E-state index < -0.39 is 17.6 Å². The fraction of sp³-hybridized carbons (Fsp3) is 0.727. The highest BCUT2D eigenvalue weighted by molar-refractivity contribution is 5.96. The predicted molar refractivity (Wildman–Crippen MR) is 176 cm³/mol. The molecule has 1 aliphatic rings. The fourth-order valence-electron chi connectivity index (χ4n) is 5.74. The number of aliphatic hydroxyl groups excluding tert-OH is 1. The van der Waals surface area contributed by atoms with E-state index in [4.69, 9.17) is 15.2 Å². The summed E-state index contributed by atoms with van der Waals surface area (Å²) >= 11 is 0. The fourth-order valence-corrected chi connectivity index (χ4v) is 5.74. The van der Waals surface area contributed by atoms with Crippen LogP contribution in [0.1, 0.15) is 89.9 Å². The standard InChI is InChI=1S/C33H56N4O6.ClH/c1-22(2)24(20-35-31(40)27-11-7-8-12-30(27)43-18-10-9-17-42-6)19-28(34)29(39)21-36-32(41)33(4,5)25-13-15-26(16-14-25)37-23(3)38;/h7-8,11-12,22,24-26,28-29,39H,9-10,13-21,34H2,1-6H3,(H,35,40)(H,36,41)(H,37,38);1H/t24-,25-,26-,28+,29+;/m1./s1. The number of aliphatic hydroxyl groups is 1. The van der Waals surface area contributed by atoms with Crippen molar-refractivity contribution in [3.8, 4) is 5.75 Å². The van der Waals surface area contributed by atoms with Gasteiger partial charge in [-0.2, -0.15) is 0 Å². The summed E-state index contributed by atoms with van der Waals surface area (Å²) in [6.07, 6.45) is 4.72.